The van der Waals surface area contributed by atoms with Crippen molar-refractivity contribution in [3.05, 3.63) is 24.8 Å². The van der Waals surface area contributed by atoms with E-state index in [9.17, 15) is 4.79 Å². The molecule has 0 fully saturated rings. The smallest absolute Gasteiger partial charge is 0.303 e. The van der Waals surface area contributed by atoms with E-state index in [1.807, 2.05) is 6.08 Å². The maximum atomic E-state index is 10.4. The van der Waals surface area contributed by atoms with Crippen LogP contribution in [0.25, 0.3) is 0 Å². The fourth-order valence-electron chi connectivity index (χ4n) is 2.74. The van der Waals surface area contributed by atoms with Crippen LogP contribution < -0.4 is 0 Å². The van der Waals surface area contributed by atoms with Crippen LogP contribution in [0.5, 0.6) is 0 Å². The predicted octanol–water partition coefficient (Wildman–Crippen LogP) is 7.05. The lowest BCUT2D eigenvalue weighted by Crippen LogP contribution is -1.93. The van der Waals surface area contributed by atoms with Crippen molar-refractivity contribution in [1.29, 1.82) is 0 Å². The highest BCUT2D eigenvalue weighted by atomic mass is 16.4. The largest absolute Gasteiger partial charge is 0.481 e. The molecule has 0 aromatic heterocycles. The quantitative estimate of drug-likeness (QED) is 0.217. The molecule has 0 aromatic carbocycles. The second-order valence-corrected chi connectivity index (χ2v) is 6.51. The number of hydrogen-bond acceptors (Lipinski definition) is 1. The minimum absolute atomic E-state index is 0.318. The molecular formula is C21H38O2. The molecule has 0 aromatic rings. The number of aliphatic carboxylic acids is 1. The van der Waals surface area contributed by atoms with Crippen molar-refractivity contribution in [2.75, 3.05) is 0 Å². The second-order valence-electron chi connectivity index (χ2n) is 6.51. The van der Waals surface area contributed by atoms with Gasteiger partial charge in [-0.25, -0.2) is 0 Å². The lowest BCUT2D eigenvalue weighted by Gasteiger charge is -2.01. The number of allylic oxidation sites excluding steroid dienone is 3. The number of carbonyl (C=O) groups is 1. The standard InChI is InChI=1S/C21H38O2/c1-2-3-4-5-6-7-8-9-10-11-12-13-14-15-16-17-18-19-20-21(22)23/h2,14-15H,1,3-13,16-20H2,(H,22,23)/b15-14+. The maximum absolute atomic E-state index is 10.4. The fourth-order valence-corrected chi connectivity index (χ4v) is 2.74. The highest BCUT2D eigenvalue weighted by Gasteiger charge is 1.95. The molecule has 0 bridgehead atoms. The number of carboxylic acids is 1. The Morgan fingerprint density at radius 1 is 0.652 bits per heavy atom. The molecule has 0 aliphatic rings. The minimum atomic E-state index is -0.673. The van der Waals surface area contributed by atoms with Gasteiger partial charge in [-0.15, -0.1) is 6.58 Å². The van der Waals surface area contributed by atoms with Gasteiger partial charge in [0.05, 0.1) is 0 Å². The molecule has 0 aliphatic carbocycles. The first kappa shape index (κ1) is 21.9. The van der Waals surface area contributed by atoms with E-state index in [1.165, 1.54) is 70.6 Å². The third-order valence-corrected chi connectivity index (χ3v) is 4.21. The Bertz CT molecular complexity index is 294. The molecule has 0 atom stereocenters. The van der Waals surface area contributed by atoms with Gasteiger partial charge in [-0.1, -0.05) is 69.6 Å². The molecule has 2 nitrogen and oxygen atoms in total. The van der Waals surface area contributed by atoms with Gasteiger partial charge in [0.25, 0.3) is 0 Å². The van der Waals surface area contributed by atoms with Gasteiger partial charge in [-0.2, -0.15) is 0 Å². The third-order valence-electron chi connectivity index (χ3n) is 4.21. The highest BCUT2D eigenvalue weighted by molar-refractivity contribution is 5.66. The predicted molar refractivity (Wildman–Crippen MR) is 101 cm³/mol. The first-order chi connectivity index (χ1) is 11.3. The van der Waals surface area contributed by atoms with Gasteiger partial charge in [0.15, 0.2) is 0 Å². The van der Waals surface area contributed by atoms with Crippen LogP contribution in [0.2, 0.25) is 0 Å². The Morgan fingerprint density at radius 3 is 1.48 bits per heavy atom. The van der Waals surface area contributed by atoms with Gasteiger partial charge in [0.2, 0.25) is 0 Å². The van der Waals surface area contributed by atoms with E-state index < -0.39 is 5.97 Å². The molecule has 134 valence electrons. The van der Waals surface area contributed by atoms with E-state index in [-0.39, 0.29) is 0 Å². The van der Waals surface area contributed by atoms with Gasteiger partial charge in [0.1, 0.15) is 0 Å². The number of hydrogen-bond donors (Lipinski definition) is 1. The minimum Gasteiger partial charge on any atom is -0.481 e. The molecule has 0 unspecified atom stereocenters. The van der Waals surface area contributed by atoms with Gasteiger partial charge in [-0.05, 0) is 44.9 Å². The zero-order valence-electron chi connectivity index (χ0n) is 15.1. The SMILES string of the molecule is C=CCCCCCCCCCCC/C=C/CCCCCC(=O)O. The molecule has 2 heteroatoms. The van der Waals surface area contributed by atoms with E-state index in [0.717, 1.165) is 25.7 Å². The van der Waals surface area contributed by atoms with Crippen molar-refractivity contribution in [3.8, 4) is 0 Å². The van der Waals surface area contributed by atoms with E-state index in [0.29, 0.717) is 6.42 Å². The fraction of sp³-hybridized carbons (Fsp3) is 0.762. The number of carboxylic acid groups (broad SMARTS) is 1. The molecule has 0 aliphatic heterocycles. The summed E-state index contributed by atoms with van der Waals surface area (Å²) >= 11 is 0. The highest BCUT2D eigenvalue weighted by Crippen LogP contribution is 2.12. The topological polar surface area (TPSA) is 37.3 Å². The molecule has 0 heterocycles. The molecule has 0 amide bonds. The molecule has 0 radical (unpaired) electrons. The van der Waals surface area contributed by atoms with Crippen LogP contribution in [0, 0.1) is 0 Å². The van der Waals surface area contributed by atoms with Crippen LogP contribution in [-0.2, 0) is 4.79 Å². The molecule has 23 heavy (non-hydrogen) atoms. The van der Waals surface area contributed by atoms with Crippen LogP contribution in [0.3, 0.4) is 0 Å². The van der Waals surface area contributed by atoms with Crippen LogP contribution in [0.15, 0.2) is 24.8 Å². The lowest BCUT2D eigenvalue weighted by atomic mass is 10.1. The summed E-state index contributed by atoms with van der Waals surface area (Å²) in [7, 11) is 0. The Hall–Kier alpha value is -1.05. The Labute approximate surface area is 144 Å². The van der Waals surface area contributed by atoms with E-state index in [2.05, 4.69) is 18.7 Å². The monoisotopic (exact) mass is 322 g/mol. The van der Waals surface area contributed by atoms with Crippen LogP contribution >= 0.6 is 0 Å². The van der Waals surface area contributed by atoms with Gasteiger partial charge in [-0.3, -0.25) is 4.79 Å². The van der Waals surface area contributed by atoms with E-state index >= 15 is 0 Å². The summed E-state index contributed by atoms with van der Waals surface area (Å²) in [6.45, 7) is 3.75. The van der Waals surface area contributed by atoms with Crippen molar-refractivity contribution in [3.63, 3.8) is 0 Å². The zero-order valence-corrected chi connectivity index (χ0v) is 15.1. The van der Waals surface area contributed by atoms with Crippen molar-refractivity contribution in [1.82, 2.24) is 0 Å². The Morgan fingerprint density at radius 2 is 1.04 bits per heavy atom. The second kappa shape index (κ2) is 19.0. The normalized spacial score (nSPS) is 11.1. The molecule has 1 N–H and O–H groups in total. The number of rotatable bonds is 18. The van der Waals surface area contributed by atoms with Gasteiger partial charge < -0.3 is 5.11 Å². The van der Waals surface area contributed by atoms with Crippen molar-refractivity contribution >= 4 is 5.97 Å². The van der Waals surface area contributed by atoms with Gasteiger partial charge >= 0.3 is 5.97 Å². The number of unbranched alkanes of at least 4 members (excludes halogenated alkanes) is 13. The zero-order chi connectivity index (χ0) is 17.0. The average molecular weight is 323 g/mol. The van der Waals surface area contributed by atoms with Crippen molar-refractivity contribution in [2.24, 2.45) is 0 Å². The van der Waals surface area contributed by atoms with Gasteiger partial charge in [0, 0.05) is 6.42 Å². The summed E-state index contributed by atoms with van der Waals surface area (Å²) in [4.78, 5) is 10.4. The summed E-state index contributed by atoms with van der Waals surface area (Å²) in [5, 5.41) is 8.53. The maximum Gasteiger partial charge on any atom is 0.303 e. The summed E-state index contributed by atoms with van der Waals surface area (Å²) in [6.07, 6.45) is 25.7. The molecular weight excluding hydrogens is 284 g/mol. The summed E-state index contributed by atoms with van der Waals surface area (Å²) in [5.74, 6) is -0.673. The first-order valence-electron chi connectivity index (χ1n) is 9.75. The summed E-state index contributed by atoms with van der Waals surface area (Å²) in [5.41, 5.74) is 0. The van der Waals surface area contributed by atoms with Crippen LogP contribution in [-0.4, -0.2) is 11.1 Å². The van der Waals surface area contributed by atoms with E-state index in [1.54, 1.807) is 0 Å². The van der Waals surface area contributed by atoms with Crippen molar-refractivity contribution < 1.29 is 9.90 Å². The molecule has 0 saturated carbocycles. The third kappa shape index (κ3) is 21.0. The molecule has 0 saturated heterocycles. The first-order valence-corrected chi connectivity index (χ1v) is 9.75. The Kier molecular flexibility index (Phi) is 18.1. The average Bonchev–Trinajstić information content (AvgIpc) is 2.53. The van der Waals surface area contributed by atoms with Crippen LogP contribution in [0.4, 0.5) is 0 Å². The lowest BCUT2D eigenvalue weighted by molar-refractivity contribution is -0.137. The summed E-state index contributed by atoms with van der Waals surface area (Å²) < 4.78 is 0. The Balaban J connectivity index is 3.08. The van der Waals surface area contributed by atoms with E-state index in [4.69, 9.17) is 5.11 Å². The summed E-state index contributed by atoms with van der Waals surface area (Å²) in [6, 6.07) is 0. The van der Waals surface area contributed by atoms with Crippen LogP contribution in [0.1, 0.15) is 103 Å². The molecule has 0 spiro atoms. The van der Waals surface area contributed by atoms with Crippen molar-refractivity contribution in [2.45, 2.75) is 103 Å². The molecule has 0 rings (SSSR count).